The average molecular weight is 170 g/mol. The normalized spacial score (nSPS) is 31.4. The van der Waals surface area contributed by atoms with Gasteiger partial charge in [0.15, 0.2) is 5.17 Å². The standard InChI is InChI=1S/C8H14N2S/c1-6-5-9-8(11-6)10-7-3-2-4-7/h6-7H,2-5H2,1H3,(H,9,10). The molecule has 1 unspecified atom stereocenters. The Morgan fingerprint density at radius 3 is 2.82 bits per heavy atom. The maximum absolute atomic E-state index is 4.41. The molecule has 1 aliphatic heterocycles. The molecule has 0 radical (unpaired) electrons. The molecule has 0 amide bonds. The van der Waals surface area contributed by atoms with Crippen molar-refractivity contribution in [3.63, 3.8) is 0 Å². The smallest absolute Gasteiger partial charge is 0.157 e. The van der Waals surface area contributed by atoms with Crippen molar-refractivity contribution in [2.45, 2.75) is 37.5 Å². The molecule has 1 aliphatic carbocycles. The van der Waals surface area contributed by atoms with Gasteiger partial charge in [-0.25, -0.2) is 0 Å². The summed E-state index contributed by atoms with van der Waals surface area (Å²) in [5.74, 6) is 0. The number of hydrogen-bond donors (Lipinski definition) is 1. The van der Waals surface area contributed by atoms with Gasteiger partial charge in [0.05, 0.1) is 6.54 Å². The first-order chi connectivity index (χ1) is 5.34. The summed E-state index contributed by atoms with van der Waals surface area (Å²) in [6.45, 7) is 3.23. The van der Waals surface area contributed by atoms with Crippen molar-refractivity contribution in [3.8, 4) is 0 Å². The summed E-state index contributed by atoms with van der Waals surface area (Å²) in [6.07, 6.45) is 4.08. The first-order valence-electron chi connectivity index (χ1n) is 4.32. The number of nitrogens with one attached hydrogen (secondary N) is 1. The predicted molar refractivity (Wildman–Crippen MR) is 50.1 cm³/mol. The molecule has 0 aromatic carbocycles. The van der Waals surface area contributed by atoms with Gasteiger partial charge in [0.2, 0.25) is 0 Å². The lowest BCUT2D eigenvalue weighted by atomic mass is 9.94. The highest BCUT2D eigenvalue weighted by Crippen LogP contribution is 2.23. The number of nitrogens with zero attached hydrogens (tertiary/aromatic N) is 1. The van der Waals surface area contributed by atoms with Crippen LogP contribution in [0.2, 0.25) is 0 Å². The zero-order valence-electron chi connectivity index (χ0n) is 6.84. The van der Waals surface area contributed by atoms with E-state index < -0.39 is 0 Å². The Kier molecular flexibility index (Phi) is 2.07. The van der Waals surface area contributed by atoms with Gasteiger partial charge in [-0.3, -0.25) is 4.99 Å². The molecule has 62 valence electrons. The monoisotopic (exact) mass is 170 g/mol. The van der Waals surface area contributed by atoms with Gasteiger partial charge in [-0.15, -0.1) is 0 Å². The number of aliphatic imine (C=N–C) groups is 1. The second-order valence-corrected chi connectivity index (χ2v) is 4.77. The average Bonchev–Trinajstić information content (AvgIpc) is 2.27. The highest BCUT2D eigenvalue weighted by atomic mass is 32.2. The van der Waals surface area contributed by atoms with Crippen molar-refractivity contribution in [1.29, 1.82) is 0 Å². The number of thioether (sulfide) groups is 1. The molecule has 2 rings (SSSR count). The second-order valence-electron chi connectivity index (χ2n) is 3.35. The quantitative estimate of drug-likeness (QED) is 0.646. The third kappa shape index (κ3) is 1.70. The fourth-order valence-electron chi connectivity index (χ4n) is 1.28. The predicted octanol–water partition coefficient (Wildman–Crippen LogP) is 1.62. The number of hydrogen-bond acceptors (Lipinski definition) is 3. The van der Waals surface area contributed by atoms with E-state index in [2.05, 4.69) is 17.2 Å². The number of rotatable bonds is 1. The van der Waals surface area contributed by atoms with Crippen LogP contribution in [0.15, 0.2) is 4.99 Å². The van der Waals surface area contributed by atoms with Gasteiger partial charge < -0.3 is 5.32 Å². The fourth-order valence-corrected chi connectivity index (χ4v) is 2.20. The van der Waals surface area contributed by atoms with Crippen LogP contribution in [0.25, 0.3) is 0 Å². The summed E-state index contributed by atoms with van der Waals surface area (Å²) in [5, 5.41) is 5.33. The van der Waals surface area contributed by atoms with Crippen LogP contribution in [0.3, 0.4) is 0 Å². The van der Waals surface area contributed by atoms with Gasteiger partial charge in [0.1, 0.15) is 0 Å². The third-order valence-electron chi connectivity index (χ3n) is 2.24. The Balaban J connectivity index is 1.77. The van der Waals surface area contributed by atoms with Crippen molar-refractivity contribution in [3.05, 3.63) is 0 Å². The summed E-state index contributed by atoms with van der Waals surface area (Å²) in [4.78, 5) is 4.41. The minimum Gasteiger partial charge on any atom is -0.362 e. The summed E-state index contributed by atoms with van der Waals surface area (Å²) < 4.78 is 0. The maximum atomic E-state index is 4.41. The molecule has 1 heterocycles. The molecule has 11 heavy (non-hydrogen) atoms. The number of amidine groups is 1. The van der Waals surface area contributed by atoms with Gasteiger partial charge >= 0.3 is 0 Å². The minimum absolute atomic E-state index is 0.692. The van der Waals surface area contributed by atoms with E-state index in [1.54, 1.807) is 0 Å². The maximum Gasteiger partial charge on any atom is 0.157 e. The fraction of sp³-hybridized carbons (Fsp3) is 0.875. The summed E-state index contributed by atoms with van der Waals surface area (Å²) in [6, 6.07) is 0.742. The lowest BCUT2D eigenvalue weighted by Gasteiger charge is -2.26. The van der Waals surface area contributed by atoms with E-state index in [0.717, 1.165) is 12.6 Å². The molecular weight excluding hydrogens is 156 g/mol. The molecule has 0 aromatic heterocycles. The molecular formula is C8H14N2S. The van der Waals surface area contributed by atoms with Crippen molar-refractivity contribution in [1.82, 2.24) is 5.32 Å². The van der Waals surface area contributed by atoms with Gasteiger partial charge in [-0.05, 0) is 19.3 Å². The molecule has 2 nitrogen and oxygen atoms in total. The Hall–Kier alpha value is -0.180. The van der Waals surface area contributed by atoms with E-state index in [1.165, 1.54) is 24.4 Å². The van der Waals surface area contributed by atoms with E-state index in [4.69, 9.17) is 0 Å². The van der Waals surface area contributed by atoms with E-state index in [9.17, 15) is 0 Å². The molecule has 1 N–H and O–H groups in total. The van der Waals surface area contributed by atoms with Crippen LogP contribution in [0.4, 0.5) is 0 Å². The zero-order valence-corrected chi connectivity index (χ0v) is 7.66. The van der Waals surface area contributed by atoms with Crippen molar-refractivity contribution in [2.24, 2.45) is 4.99 Å². The minimum atomic E-state index is 0.692. The molecule has 1 atom stereocenters. The molecule has 0 aromatic rings. The van der Waals surface area contributed by atoms with Crippen LogP contribution in [0.5, 0.6) is 0 Å². The molecule has 3 heteroatoms. The first kappa shape index (κ1) is 7.47. The first-order valence-corrected chi connectivity index (χ1v) is 5.20. The molecule has 1 fully saturated rings. The largest absolute Gasteiger partial charge is 0.362 e. The van der Waals surface area contributed by atoms with E-state index >= 15 is 0 Å². The van der Waals surface area contributed by atoms with Crippen molar-refractivity contribution in [2.75, 3.05) is 6.54 Å². The van der Waals surface area contributed by atoms with E-state index in [1.807, 2.05) is 11.8 Å². The van der Waals surface area contributed by atoms with Crippen LogP contribution in [0.1, 0.15) is 26.2 Å². The van der Waals surface area contributed by atoms with Gasteiger partial charge in [0, 0.05) is 11.3 Å². The second kappa shape index (κ2) is 3.05. The van der Waals surface area contributed by atoms with Crippen LogP contribution in [0, 0.1) is 0 Å². The highest BCUT2D eigenvalue weighted by molar-refractivity contribution is 8.14. The Bertz CT molecular complexity index is 175. The SMILES string of the molecule is CC1CN=C(NC2CCC2)S1. The molecule has 1 saturated carbocycles. The Morgan fingerprint density at radius 1 is 1.55 bits per heavy atom. The Labute approximate surface area is 71.9 Å². The zero-order chi connectivity index (χ0) is 7.68. The molecule has 0 saturated heterocycles. The van der Waals surface area contributed by atoms with Gasteiger partial charge in [-0.1, -0.05) is 18.7 Å². The van der Waals surface area contributed by atoms with E-state index in [0.29, 0.717) is 5.25 Å². The van der Waals surface area contributed by atoms with Crippen LogP contribution in [-0.2, 0) is 0 Å². The Morgan fingerprint density at radius 2 is 2.36 bits per heavy atom. The summed E-state index contributed by atoms with van der Waals surface area (Å²) >= 11 is 1.88. The molecule has 0 bridgehead atoms. The van der Waals surface area contributed by atoms with Gasteiger partial charge in [0.25, 0.3) is 0 Å². The van der Waals surface area contributed by atoms with Crippen molar-refractivity contribution >= 4 is 16.9 Å². The third-order valence-corrected chi connectivity index (χ3v) is 3.26. The molecule has 2 aliphatic rings. The summed E-state index contributed by atoms with van der Waals surface area (Å²) in [5.41, 5.74) is 0. The lowest BCUT2D eigenvalue weighted by Crippen LogP contribution is -2.37. The van der Waals surface area contributed by atoms with Crippen LogP contribution in [-0.4, -0.2) is 23.0 Å². The van der Waals surface area contributed by atoms with Gasteiger partial charge in [-0.2, -0.15) is 0 Å². The topological polar surface area (TPSA) is 24.4 Å². The van der Waals surface area contributed by atoms with Crippen molar-refractivity contribution < 1.29 is 0 Å². The van der Waals surface area contributed by atoms with E-state index in [-0.39, 0.29) is 0 Å². The lowest BCUT2D eigenvalue weighted by molar-refractivity contribution is 0.385. The van der Waals surface area contributed by atoms with Crippen LogP contribution >= 0.6 is 11.8 Å². The molecule has 0 spiro atoms. The van der Waals surface area contributed by atoms with Crippen LogP contribution < -0.4 is 5.32 Å². The summed E-state index contributed by atoms with van der Waals surface area (Å²) in [7, 11) is 0. The highest BCUT2D eigenvalue weighted by Gasteiger charge is 2.21.